The van der Waals surface area contributed by atoms with Crippen molar-refractivity contribution in [2.24, 2.45) is 11.1 Å². The SMILES string of the molecule is CCSC(C)CC1CC(=O)C(/C(CC)=N/OC/C=C/Cl)=C(O)C1.COc1nc(C)nc(NC(=O)NS(=O)(=O)c2ccccc2Cl)n1. The molecular formula is C29H38Cl2N6O7S2. The second kappa shape index (κ2) is 19.3. The van der Waals surface area contributed by atoms with Gasteiger partial charge in [-0.2, -0.15) is 26.7 Å². The minimum Gasteiger partial charge on any atom is -0.511 e. The Balaban J connectivity index is 0.000000320. The molecule has 1 aromatic heterocycles. The Hall–Kier alpha value is -3.40. The third-order valence-electron chi connectivity index (χ3n) is 6.19. The number of oxime groups is 1. The fourth-order valence-corrected chi connectivity index (χ4v) is 6.82. The molecule has 2 amide bonds. The number of amides is 2. The number of nitrogens with zero attached hydrogens (tertiary/aromatic N) is 4. The molecule has 3 rings (SSSR count). The molecule has 2 aromatic rings. The lowest BCUT2D eigenvalue weighted by Gasteiger charge is -2.25. The lowest BCUT2D eigenvalue weighted by molar-refractivity contribution is -0.116. The molecule has 46 heavy (non-hydrogen) atoms. The topological polar surface area (TPSA) is 182 Å². The summed E-state index contributed by atoms with van der Waals surface area (Å²) < 4.78 is 30.9. The smallest absolute Gasteiger partial charge is 0.335 e. The van der Waals surface area contributed by atoms with Crippen molar-refractivity contribution in [2.75, 3.05) is 24.8 Å². The number of aliphatic hydroxyl groups excluding tert-OH is 1. The van der Waals surface area contributed by atoms with Crippen molar-refractivity contribution >= 4 is 68.5 Å². The quantitative estimate of drug-likeness (QED) is 0.122. The van der Waals surface area contributed by atoms with E-state index >= 15 is 0 Å². The van der Waals surface area contributed by atoms with Crippen LogP contribution in [0.5, 0.6) is 6.01 Å². The van der Waals surface area contributed by atoms with E-state index in [1.165, 1.54) is 30.8 Å². The predicted molar refractivity (Wildman–Crippen MR) is 180 cm³/mol. The Bertz CT molecular complexity index is 1550. The van der Waals surface area contributed by atoms with Gasteiger partial charge in [-0.1, -0.05) is 61.3 Å². The van der Waals surface area contributed by atoms with Gasteiger partial charge in [0.05, 0.1) is 23.4 Å². The van der Waals surface area contributed by atoms with Gasteiger partial charge in [-0.15, -0.1) is 0 Å². The van der Waals surface area contributed by atoms with Crippen LogP contribution in [0.15, 0.2) is 57.3 Å². The normalized spacial score (nSPS) is 16.0. The zero-order valence-corrected chi connectivity index (χ0v) is 29.3. The highest BCUT2D eigenvalue weighted by Gasteiger charge is 2.31. The summed E-state index contributed by atoms with van der Waals surface area (Å²) in [6.45, 7) is 7.99. The number of sulfonamides is 1. The van der Waals surface area contributed by atoms with Gasteiger partial charge in [-0.05, 0) is 49.6 Å². The number of aryl methyl sites for hydroxylation is 1. The molecule has 0 fully saturated rings. The summed E-state index contributed by atoms with van der Waals surface area (Å²) >= 11 is 13.1. The van der Waals surface area contributed by atoms with Crippen LogP contribution in [0.3, 0.4) is 0 Å². The number of anilines is 1. The molecule has 0 radical (unpaired) electrons. The zero-order chi connectivity index (χ0) is 34.3. The Morgan fingerprint density at radius 1 is 1.24 bits per heavy atom. The molecule has 0 bridgehead atoms. The number of carbonyl (C=O) groups is 2. The van der Waals surface area contributed by atoms with Gasteiger partial charge in [-0.25, -0.2) is 17.9 Å². The molecule has 2 unspecified atom stereocenters. The summed E-state index contributed by atoms with van der Waals surface area (Å²) in [5.41, 5.74) is 2.20. The number of aromatic nitrogens is 3. The van der Waals surface area contributed by atoms with Crippen LogP contribution >= 0.6 is 35.0 Å². The number of hydrogen-bond acceptors (Lipinski definition) is 12. The summed E-state index contributed by atoms with van der Waals surface area (Å²) in [6, 6.07) is 4.67. The number of carbonyl (C=O) groups excluding carboxylic acids is 2. The predicted octanol–water partition coefficient (Wildman–Crippen LogP) is 6.20. The monoisotopic (exact) mass is 716 g/mol. The second-order valence-electron chi connectivity index (χ2n) is 9.75. The standard InChI is InChI=1S/C17H26ClNO3S.C12H12ClN5O4S/c1-4-14(19-22-8-6-7-18)17-15(20)10-13(11-16(17)21)9-12(3)23-5-2;1-7-14-10(17-12(15-7)22-2)16-11(19)18-23(20,21)9-6-4-3-5-8(9)13/h6-7,12-13,20H,4-5,8-11H2,1-3H3;3-6H,1-2H3,(H2,14,15,16,17,18,19)/b7-6+,19-14+;. The van der Waals surface area contributed by atoms with Gasteiger partial charge in [-0.3, -0.25) is 10.1 Å². The zero-order valence-electron chi connectivity index (χ0n) is 26.1. The summed E-state index contributed by atoms with van der Waals surface area (Å²) in [7, 11) is -2.78. The Labute approximate surface area is 283 Å². The summed E-state index contributed by atoms with van der Waals surface area (Å²) in [6.07, 6.45) is 4.09. The molecule has 17 heteroatoms. The van der Waals surface area contributed by atoms with Crippen molar-refractivity contribution in [1.82, 2.24) is 19.7 Å². The number of thioether (sulfide) groups is 1. The summed E-state index contributed by atoms with van der Waals surface area (Å²) in [5, 5.41) is 17.0. The van der Waals surface area contributed by atoms with E-state index < -0.39 is 16.1 Å². The maximum absolute atomic E-state index is 12.4. The van der Waals surface area contributed by atoms with E-state index in [2.05, 4.69) is 39.3 Å². The van der Waals surface area contributed by atoms with Gasteiger partial charge >= 0.3 is 12.0 Å². The van der Waals surface area contributed by atoms with Crippen LogP contribution in [0.2, 0.25) is 5.02 Å². The molecule has 1 aliphatic rings. The molecule has 3 N–H and O–H groups in total. The van der Waals surface area contributed by atoms with Crippen molar-refractivity contribution in [3.05, 3.63) is 58.1 Å². The number of urea groups is 1. The minimum absolute atomic E-state index is 0.00882. The fraction of sp³-hybridized carbons (Fsp3) is 0.448. The van der Waals surface area contributed by atoms with Crippen molar-refractivity contribution in [3.63, 3.8) is 0 Å². The molecule has 2 atom stereocenters. The van der Waals surface area contributed by atoms with Gasteiger partial charge in [0.25, 0.3) is 10.0 Å². The lowest BCUT2D eigenvalue weighted by Crippen LogP contribution is -2.35. The molecule has 0 saturated heterocycles. The number of benzene rings is 1. The highest BCUT2D eigenvalue weighted by atomic mass is 35.5. The van der Waals surface area contributed by atoms with E-state index in [4.69, 9.17) is 32.8 Å². The summed E-state index contributed by atoms with van der Waals surface area (Å²) in [5.74, 6) is 1.53. The fourth-order valence-electron chi connectivity index (χ4n) is 4.34. The van der Waals surface area contributed by atoms with E-state index in [0.29, 0.717) is 41.6 Å². The van der Waals surface area contributed by atoms with Crippen molar-refractivity contribution < 1.29 is 32.7 Å². The highest BCUT2D eigenvalue weighted by molar-refractivity contribution is 7.99. The van der Waals surface area contributed by atoms with Crippen LogP contribution < -0.4 is 14.8 Å². The number of methoxy groups -OCH3 is 1. The van der Waals surface area contributed by atoms with Gasteiger partial charge < -0.3 is 14.7 Å². The first-order chi connectivity index (χ1) is 21.8. The van der Waals surface area contributed by atoms with Gasteiger partial charge in [0, 0.05) is 23.6 Å². The van der Waals surface area contributed by atoms with E-state index in [1.807, 2.05) is 23.4 Å². The minimum atomic E-state index is -4.13. The Morgan fingerprint density at radius 2 is 1.96 bits per heavy atom. The number of ether oxygens (including phenoxy) is 1. The van der Waals surface area contributed by atoms with Gasteiger partial charge in [0.2, 0.25) is 5.95 Å². The first kappa shape index (κ1) is 38.8. The number of rotatable bonds is 13. The number of ketones is 1. The van der Waals surface area contributed by atoms with Gasteiger partial charge in [0.1, 0.15) is 23.1 Å². The molecule has 0 saturated carbocycles. The number of nitrogens with one attached hydrogen (secondary N) is 2. The van der Waals surface area contributed by atoms with Crippen LogP contribution in [-0.2, 0) is 19.7 Å². The Morgan fingerprint density at radius 3 is 2.57 bits per heavy atom. The average Bonchev–Trinajstić information content (AvgIpc) is 2.97. The van der Waals surface area contributed by atoms with E-state index in [0.717, 1.165) is 12.2 Å². The van der Waals surface area contributed by atoms with E-state index in [1.54, 1.807) is 19.1 Å². The Kier molecular flexibility index (Phi) is 16.3. The van der Waals surface area contributed by atoms with Crippen molar-refractivity contribution in [2.45, 2.75) is 63.5 Å². The maximum Gasteiger partial charge on any atom is 0.335 e. The van der Waals surface area contributed by atoms with Crippen LogP contribution in [0.1, 0.15) is 52.3 Å². The molecule has 13 nitrogen and oxygen atoms in total. The number of allylic oxidation sites excluding steroid dienone is 2. The van der Waals surface area contributed by atoms with Crippen LogP contribution in [0.25, 0.3) is 0 Å². The third kappa shape index (κ3) is 12.4. The molecule has 0 aliphatic heterocycles. The molecule has 0 spiro atoms. The first-order valence-electron chi connectivity index (χ1n) is 14.2. The number of aliphatic hydroxyl groups is 1. The van der Waals surface area contributed by atoms with Gasteiger partial charge in [0.15, 0.2) is 5.78 Å². The van der Waals surface area contributed by atoms with Crippen molar-refractivity contribution in [1.29, 1.82) is 0 Å². The van der Waals surface area contributed by atoms with E-state index in [9.17, 15) is 23.1 Å². The largest absolute Gasteiger partial charge is 0.511 e. The molecule has 1 aliphatic carbocycles. The lowest BCUT2D eigenvalue weighted by atomic mass is 9.82. The molecule has 1 heterocycles. The van der Waals surface area contributed by atoms with Crippen LogP contribution in [-0.4, -0.2) is 70.7 Å². The molecule has 1 aromatic carbocycles. The number of halogens is 2. The van der Waals surface area contributed by atoms with E-state index in [-0.39, 0.29) is 45.9 Å². The maximum atomic E-state index is 12.4. The molecule has 252 valence electrons. The third-order valence-corrected chi connectivity index (χ3v) is 9.29. The molecular weight excluding hydrogens is 679 g/mol. The second-order valence-corrected chi connectivity index (χ2v) is 13.8. The van der Waals surface area contributed by atoms with Crippen molar-refractivity contribution in [3.8, 4) is 6.01 Å². The number of Topliss-reactive ketones (excluding diaryl/α,β-unsaturated/α-hetero) is 1. The first-order valence-corrected chi connectivity index (χ1v) is 17.6. The summed E-state index contributed by atoms with van der Waals surface area (Å²) in [4.78, 5) is 40.6. The van der Waals surface area contributed by atoms with Crippen LogP contribution in [0, 0.1) is 12.8 Å². The highest BCUT2D eigenvalue weighted by Crippen LogP contribution is 2.32. The number of hydrogen-bond donors (Lipinski definition) is 3. The van der Waals surface area contributed by atoms with Crippen LogP contribution in [0.4, 0.5) is 10.7 Å². The average molecular weight is 718 g/mol.